The summed E-state index contributed by atoms with van der Waals surface area (Å²) < 4.78 is 15.6. The maximum Gasteiger partial charge on any atom is 0.233 e. The van der Waals surface area contributed by atoms with Gasteiger partial charge in [-0.15, -0.1) is 10.2 Å². The van der Waals surface area contributed by atoms with Gasteiger partial charge in [-0.25, -0.2) is 4.39 Å². The van der Waals surface area contributed by atoms with Gasteiger partial charge in [-0.05, 0) is 24.3 Å². The van der Waals surface area contributed by atoms with Crippen molar-refractivity contribution in [1.82, 2.24) is 19.5 Å². The van der Waals surface area contributed by atoms with E-state index in [9.17, 15) is 9.18 Å². The summed E-state index contributed by atoms with van der Waals surface area (Å²) in [4.78, 5) is 13.7. The number of benzene rings is 1. The Morgan fingerprint density at radius 3 is 2.92 bits per heavy atom. The molecule has 1 aromatic carbocycles. The first kappa shape index (κ1) is 16.7. The number of halogens is 2. The van der Waals surface area contributed by atoms with Crippen molar-refractivity contribution in [2.24, 2.45) is 0 Å². The number of amides is 1. The van der Waals surface area contributed by atoms with Crippen molar-refractivity contribution in [3.63, 3.8) is 0 Å². The molecular weight excluding hydrogens is 351 g/mol. The van der Waals surface area contributed by atoms with Crippen molar-refractivity contribution < 1.29 is 9.18 Å². The quantitative estimate of drug-likeness (QED) is 0.652. The molecule has 2 heterocycles. The molecule has 0 aliphatic heterocycles. The summed E-state index contributed by atoms with van der Waals surface area (Å²) in [5.74, 6) is -0.386. The summed E-state index contributed by atoms with van der Waals surface area (Å²) in [6.07, 6.45) is 1.84. The normalized spacial score (nSPS) is 11.0. The van der Waals surface area contributed by atoms with Crippen LogP contribution < -0.4 is 0 Å². The Hall–Kier alpha value is -2.12. The molecule has 3 rings (SSSR count). The summed E-state index contributed by atoms with van der Waals surface area (Å²) in [6, 6.07) is 10.1. The number of pyridine rings is 1. The van der Waals surface area contributed by atoms with Crippen LogP contribution in [0.1, 0.15) is 5.56 Å². The van der Waals surface area contributed by atoms with Crippen molar-refractivity contribution in [2.75, 3.05) is 12.8 Å². The third kappa shape index (κ3) is 3.52. The lowest BCUT2D eigenvalue weighted by atomic mass is 10.2. The predicted octanol–water partition coefficient (Wildman–Crippen LogP) is 3.27. The highest BCUT2D eigenvalue weighted by Gasteiger charge is 2.16. The largest absolute Gasteiger partial charge is 0.341 e. The maximum absolute atomic E-state index is 13.8. The molecule has 1 amide bonds. The van der Waals surface area contributed by atoms with Gasteiger partial charge in [-0.3, -0.25) is 9.20 Å². The SMILES string of the molecule is CN(Cc1c(F)cccc1Cl)C(=O)CSc1nnc2ccccn12. The Kier molecular flexibility index (Phi) is 5.01. The second-order valence-electron chi connectivity index (χ2n) is 5.15. The molecule has 0 saturated heterocycles. The van der Waals surface area contributed by atoms with E-state index in [4.69, 9.17) is 11.6 Å². The van der Waals surface area contributed by atoms with Crippen LogP contribution in [-0.2, 0) is 11.3 Å². The first-order valence-electron chi connectivity index (χ1n) is 7.15. The summed E-state index contributed by atoms with van der Waals surface area (Å²) in [6.45, 7) is 0.117. The summed E-state index contributed by atoms with van der Waals surface area (Å²) in [7, 11) is 1.62. The third-order valence-electron chi connectivity index (χ3n) is 3.49. The molecule has 0 N–H and O–H groups in total. The molecule has 2 aromatic heterocycles. The van der Waals surface area contributed by atoms with Gasteiger partial charge in [0.05, 0.1) is 5.75 Å². The number of hydrogen-bond acceptors (Lipinski definition) is 4. The van der Waals surface area contributed by atoms with Crippen molar-refractivity contribution in [3.05, 3.63) is 59.0 Å². The van der Waals surface area contributed by atoms with Gasteiger partial charge in [0.2, 0.25) is 5.91 Å². The maximum atomic E-state index is 13.8. The molecule has 24 heavy (non-hydrogen) atoms. The number of nitrogens with zero attached hydrogens (tertiary/aromatic N) is 4. The number of hydrogen-bond donors (Lipinski definition) is 0. The van der Waals surface area contributed by atoms with Gasteiger partial charge in [-0.1, -0.05) is 35.5 Å². The summed E-state index contributed by atoms with van der Waals surface area (Å²) >= 11 is 7.28. The van der Waals surface area contributed by atoms with Crippen LogP contribution >= 0.6 is 23.4 Å². The van der Waals surface area contributed by atoms with Gasteiger partial charge >= 0.3 is 0 Å². The molecule has 0 saturated carbocycles. The second-order valence-corrected chi connectivity index (χ2v) is 6.50. The fourth-order valence-electron chi connectivity index (χ4n) is 2.16. The van der Waals surface area contributed by atoms with E-state index in [1.807, 2.05) is 28.8 Å². The van der Waals surface area contributed by atoms with Gasteiger partial charge in [0.15, 0.2) is 10.8 Å². The Labute approximate surface area is 147 Å². The molecule has 0 radical (unpaired) electrons. The molecule has 0 aliphatic carbocycles. The lowest BCUT2D eigenvalue weighted by Gasteiger charge is -2.18. The van der Waals surface area contributed by atoms with Crippen molar-refractivity contribution in [1.29, 1.82) is 0 Å². The highest BCUT2D eigenvalue weighted by molar-refractivity contribution is 7.99. The molecule has 0 atom stereocenters. The van der Waals surface area contributed by atoms with Crippen LogP contribution in [0.4, 0.5) is 4.39 Å². The zero-order valence-electron chi connectivity index (χ0n) is 12.8. The molecular formula is C16H14ClFN4OS. The van der Waals surface area contributed by atoms with E-state index in [0.717, 1.165) is 5.65 Å². The average molecular weight is 365 g/mol. The number of rotatable bonds is 5. The van der Waals surface area contributed by atoms with Gasteiger partial charge < -0.3 is 4.90 Å². The van der Waals surface area contributed by atoms with E-state index in [-0.39, 0.29) is 18.2 Å². The minimum absolute atomic E-state index is 0.117. The van der Waals surface area contributed by atoms with E-state index in [1.54, 1.807) is 13.1 Å². The first-order valence-corrected chi connectivity index (χ1v) is 8.52. The molecule has 0 bridgehead atoms. The second kappa shape index (κ2) is 7.19. The number of thioether (sulfide) groups is 1. The van der Waals surface area contributed by atoms with Crippen LogP contribution in [0.3, 0.4) is 0 Å². The molecule has 0 spiro atoms. The third-order valence-corrected chi connectivity index (χ3v) is 4.77. The Bertz CT molecular complexity index is 865. The minimum Gasteiger partial charge on any atom is -0.341 e. The van der Waals surface area contributed by atoms with Crippen LogP contribution in [0, 0.1) is 5.82 Å². The lowest BCUT2D eigenvalue weighted by molar-refractivity contribution is -0.127. The molecule has 0 fully saturated rings. The summed E-state index contributed by atoms with van der Waals surface area (Å²) in [5.41, 5.74) is 1.03. The molecule has 3 aromatic rings. The average Bonchev–Trinajstić information content (AvgIpc) is 2.99. The molecule has 5 nitrogen and oxygen atoms in total. The van der Waals surface area contributed by atoms with Crippen LogP contribution in [0.5, 0.6) is 0 Å². The van der Waals surface area contributed by atoms with Crippen molar-refractivity contribution in [3.8, 4) is 0 Å². The minimum atomic E-state index is -0.418. The number of aromatic nitrogens is 3. The number of carbonyl (C=O) groups excluding carboxylic acids is 1. The lowest BCUT2D eigenvalue weighted by Crippen LogP contribution is -2.28. The molecule has 8 heteroatoms. The van der Waals surface area contributed by atoms with Crippen LogP contribution in [-0.4, -0.2) is 38.2 Å². The van der Waals surface area contributed by atoms with E-state index >= 15 is 0 Å². The smallest absolute Gasteiger partial charge is 0.233 e. The van der Waals surface area contributed by atoms with E-state index in [2.05, 4.69) is 10.2 Å². The fourth-order valence-corrected chi connectivity index (χ4v) is 3.25. The van der Waals surface area contributed by atoms with E-state index in [1.165, 1.54) is 28.8 Å². The Morgan fingerprint density at radius 1 is 1.29 bits per heavy atom. The van der Waals surface area contributed by atoms with Gasteiger partial charge in [0.1, 0.15) is 5.82 Å². The number of carbonyl (C=O) groups is 1. The monoisotopic (exact) mass is 364 g/mol. The predicted molar refractivity (Wildman–Crippen MR) is 91.6 cm³/mol. The topological polar surface area (TPSA) is 50.5 Å². The molecule has 0 unspecified atom stereocenters. The van der Waals surface area contributed by atoms with E-state index < -0.39 is 5.82 Å². The number of fused-ring (bicyclic) bond motifs is 1. The zero-order chi connectivity index (χ0) is 17.1. The van der Waals surface area contributed by atoms with E-state index in [0.29, 0.717) is 15.7 Å². The first-order chi connectivity index (χ1) is 11.6. The molecule has 124 valence electrons. The fraction of sp³-hybridized carbons (Fsp3) is 0.188. The summed E-state index contributed by atoms with van der Waals surface area (Å²) in [5, 5.41) is 9.04. The highest BCUT2D eigenvalue weighted by Crippen LogP contribution is 2.21. The van der Waals surface area contributed by atoms with Gasteiger partial charge in [0, 0.05) is 30.4 Å². The molecule has 0 aliphatic rings. The van der Waals surface area contributed by atoms with Crippen LogP contribution in [0.25, 0.3) is 5.65 Å². The van der Waals surface area contributed by atoms with Crippen LogP contribution in [0.2, 0.25) is 5.02 Å². The van der Waals surface area contributed by atoms with Crippen molar-refractivity contribution >= 4 is 34.9 Å². The standard InChI is InChI=1S/C16H14ClFN4OS/c1-21(9-11-12(17)5-4-6-13(11)18)15(23)10-24-16-20-19-14-7-2-3-8-22(14)16/h2-8H,9-10H2,1H3. The van der Waals surface area contributed by atoms with Gasteiger partial charge in [-0.2, -0.15) is 0 Å². The van der Waals surface area contributed by atoms with Gasteiger partial charge in [0.25, 0.3) is 0 Å². The van der Waals surface area contributed by atoms with Crippen LogP contribution in [0.15, 0.2) is 47.8 Å². The Balaban J connectivity index is 1.64. The van der Waals surface area contributed by atoms with Crippen molar-refractivity contribution in [2.45, 2.75) is 11.7 Å². The highest BCUT2D eigenvalue weighted by atomic mass is 35.5. The zero-order valence-corrected chi connectivity index (χ0v) is 14.4. The Morgan fingerprint density at radius 2 is 2.12 bits per heavy atom.